The second-order valence-electron chi connectivity index (χ2n) is 8.51. The quantitative estimate of drug-likeness (QED) is 0.632. The van der Waals surface area contributed by atoms with E-state index in [2.05, 4.69) is 0 Å². The first-order valence-electron chi connectivity index (χ1n) is 10.1. The Labute approximate surface area is 169 Å². The number of benzene rings is 2. The van der Waals surface area contributed by atoms with Crippen LogP contribution in [0.5, 0.6) is 0 Å². The van der Waals surface area contributed by atoms with Gasteiger partial charge < -0.3 is 0 Å². The molecule has 2 bridgehead atoms. The molecule has 0 aliphatic heterocycles. The van der Waals surface area contributed by atoms with Crippen LogP contribution in [0.2, 0.25) is 5.02 Å². The van der Waals surface area contributed by atoms with Crippen molar-refractivity contribution in [3.05, 3.63) is 58.4 Å². The van der Waals surface area contributed by atoms with Crippen LogP contribution < -0.4 is 0 Å². The van der Waals surface area contributed by atoms with Crippen LogP contribution in [0.4, 0.5) is 4.39 Å². The summed E-state index contributed by atoms with van der Waals surface area (Å²) in [7, 11) is 0. The molecule has 3 aliphatic carbocycles. The van der Waals surface area contributed by atoms with Gasteiger partial charge in [-0.1, -0.05) is 30.7 Å². The van der Waals surface area contributed by atoms with Crippen molar-refractivity contribution in [2.75, 3.05) is 0 Å². The zero-order valence-corrected chi connectivity index (χ0v) is 16.5. The zero-order valence-electron chi connectivity index (χ0n) is 15.8. The molecule has 0 spiro atoms. The fourth-order valence-corrected chi connectivity index (χ4v) is 6.18. The molecule has 1 unspecified atom stereocenters. The largest absolute Gasteiger partial charge is 0.298 e. The summed E-state index contributed by atoms with van der Waals surface area (Å²) in [6.45, 7) is 2.02. The summed E-state index contributed by atoms with van der Waals surface area (Å²) in [5.41, 5.74) is 2.89. The molecule has 3 aliphatic rings. The van der Waals surface area contributed by atoms with Gasteiger partial charge in [-0.2, -0.15) is 0 Å². The lowest BCUT2D eigenvalue weighted by Crippen LogP contribution is -2.24. The van der Waals surface area contributed by atoms with E-state index < -0.39 is 11.7 Å². The maximum atomic E-state index is 14.5. The van der Waals surface area contributed by atoms with Crippen molar-refractivity contribution in [3.63, 3.8) is 0 Å². The summed E-state index contributed by atoms with van der Waals surface area (Å²) < 4.78 is 14.5. The van der Waals surface area contributed by atoms with Crippen molar-refractivity contribution in [2.45, 2.75) is 38.5 Å². The van der Waals surface area contributed by atoms with Crippen LogP contribution in [0.1, 0.15) is 43.2 Å². The Morgan fingerprint density at radius 2 is 1.68 bits per heavy atom. The number of hydrogen-bond acceptors (Lipinski definition) is 2. The second kappa shape index (κ2) is 6.52. The number of halogens is 2. The number of carbonyl (C=O) groups is 2. The first-order chi connectivity index (χ1) is 13.5. The third kappa shape index (κ3) is 2.52. The minimum absolute atomic E-state index is 0.0862. The Bertz CT molecular complexity index is 970. The molecule has 144 valence electrons. The highest BCUT2D eigenvalue weighted by Gasteiger charge is 2.61. The van der Waals surface area contributed by atoms with Gasteiger partial charge in [-0.05, 0) is 78.5 Å². The Balaban J connectivity index is 1.60. The van der Waals surface area contributed by atoms with Gasteiger partial charge in [0.15, 0.2) is 11.6 Å². The van der Waals surface area contributed by atoms with E-state index in [4.69, 9.17) is 11.6 Å². The average molecular weight is 397 g/mol. The summed E-state index contributed by atoms with van der Waals surface area (Å²) in [5, 5.41) is 0.344. The van der Waals surface area contributed by atoms with Gasteiger partial charge in [-0.3, -0.25) is 9.59 Å². The minimum atomic E-state index is -0.677. The SMILES string of the molecule is CCc1ccc(-c2ccc(Cl)cc2F)cc1C1C(=O)[C@@H]2[C@@H]3CC[C@@H](C3)[C@@H]2C1=O. The van der Waals surface area contributed by atoms with Gasteiger partial charge in [0.1, 0.15) is 11.7 Å². The first kappa shape index (κ1) is 18.1. The molecule has 3 fully saturated rings. The monoisotopic (exact) mass is 396 g/mol. The van der Waals surface area contributed by atoms with E-state index in [1.807, 2.05) is 25.1 Å². The molecule has 0 radical (unpaired) electrons. The number of carbonyl (C=O) groups excluding carboxylic acids is 2. The third-order valence-corrected chi connectivity index (χ3v) is 7.46. The molecule has 5 rings (SSSR count). The molecule has 0 heterocycles. The zero-order chi connectivity index (χ0) is 19.6. The number of rotatable bonds is 3. The van der Waals surface area contributed by atoms with Gasteiger partial charge in [0.05, 0.1) is 0 Å². The summed E-state index contributed by atoms with van der Waals surface area (Å²) in [4.78, 5) is 26.6. The predicted octanol–water partition coefficient (Wildman–Crippen LogP) is 5.61. The number of hydrogen-bond donors (Lipinski definition) is 0. The van der Waals surface area contributed by atoms with Gasteiger partial charge in [0.25, 0.3) is 0 Å². The number of aryl methyl sites for hydroxylation is 1. The Morgan fingerprint density at radius 3 is 2.29 bits per heavy atom. The molecule has 0 saturated heterocycles. The van der Waals surface area contributed by atoms with Crippen LogP contribution in [-0.4, -0.2) is 11.6 Å². The van der Waals surface area contributed by atoms with E-state index in [9.17, 15) is 14.0 Å². The van der Waals surface area contributed by atoms with Crippen LogP contribution >= 0.6 is 11.6 Å². The normalized spacial score (nSPS) is 30.9. The third-order valence-electron chi connectivity index (χ3n) is 7.22. The second-order valence-corrected chi connectivity index (χ2v) is 8.95. The van der Waals surface area contributed by atoms with Crippen molar-refractivity contribution in [2.24, 2.45) is 23.7 Å². The van der Waals surface area contributed by atoms with Gasteiger partial charge in [-0.25, -0.2) is 4.39 Å². The maximum Gasteiger partial charge on any atom is 0.151 e. The molecule has 0 N–H and O–H groups in total. The highest BCUT2D eigenvalue weighted by atomic mass is 35.5. The van der Waals surface area contributed by atoms with E-state index in [1.54, 1.807) is 12.1 Å². The summed E-state index contributed by atoms with van der Waals surface area (Å²) in [6.07, 6.45) is 3.93. The lowest BCUT2D eigenvalue weighted by molar-refractivity contribution is -0.125. The molecule has 2 aromatic carbocycles. The minimum Gasteiger partial charge on any atom is -0.298 e. The Morgan fingerprint density at radius 1 is 1.00 bits per heavy atom. The predicted molar refractivity (Wildman–Crippen MR) is 107 cm³/mol. The highest BCUT2D eigenvalue weighted by molar-refractivity contribution is 6.30. The Hall–Kier alpha value is -2.00. The van der Waals surface area contributed by atoms with Crippen molar-refractivity contribution < 1.29 is 14.0 Å². The fraction of sp³-hybridized carbons (Fsp3) is 0.417. The summed E-state index contributed by atoms with van der Waals surface area (Å²) in [6, 6.07) is 10.2. The van der Waals surface area contributed by atoms with Crippen molar-refractivity contribution in [3.8, 4) is 11.1 Å². The van der Waals surface area contributed by atoms with Crippen LogP contribution in [0.15, 0.2) is 36.4 Å². The number of fused-ring (bicyclic) bond motifs is 5. The summed E-state index contributed by atoms with van der Waals surface area (Å²) >= 11 is 5.88. The van der Waals surface area contributed by atoms with Crippen LogP contribution in [0, 0.1) is 29.5 Å². The Kier molecular flexibility index (Phi) is 4.20. The van der Waals surface area contributed by atoms with Gasteiger partial charge >= 0.3 is 0 Å². The van der Waals surface area contributed by atoms with E-state index in [1.165, 1.54) is 6.07 Å². The standard InChI is InChI=1S/C24H22ClFO2/c1-2-12-3-4-13(17-8-7-16(25)11-19(17)26)10-18(12)22-23(27)20-14-5-6-15(9-14)21(20)24(22)28/h3-4,7-8,10-11,14-15,20-22H,2,5-6,9H2,1H3/t14-,15+,20-,21+,22?. The first-order valence-corrected chi connectivity index (χ1v) is 10.5. The average Bonchev–Trinajstić information content (AvgIpc) is 3.35. The van der Waals surface area contributed by atoms with Crippen molar-refractivity contribution in [1.82, 2.24) is 0 Å². The molecule has 3 saturated carbocycles. The van der Waals surface area contributed by atoms with Gasteiger partial charge in [0.2, 0.25) is 0 Å². The number of ketones is 2. The molecule has 28 heavy (non-hydrogen) atoms. The molecule has 2 nitrogen and oxygen atoms in total. The van der Waals surface area contributed by atoms with E-state index in [-0.39, 0.29) is 23.4 Å². The lowest BCUT2D eigenvalue weighted by Gasteiger charge is -2.21. The molecular weight excluding hydrogens is 375 g/mol. The van der Waals surface area contributed by atoms with Crippen molar-refractivity contribution >= 4 is 23.2 Å². The molecule has 0 aromatic heterocycles. The molecule has 0 amide bonds. The van der Waals surface area contributed by atoms with Crippen LogP contribution in [0.25, 0.3) is 11.1 Å². The van der Waals surface area contributed by atoms with Gasteiger partial charge in [-0.15, -0.1) is 0 Å². The molecule has 2 aromatic rings. The molecular formula is C24H22ClFO2. The van der Waals surface area contributed by atoms with Crippen LogP contribution in [0.3, 0.4) is 0 Å². The lowest BCUT2D eigenvalue weighted by atomic mass is 9.81. The van der Waals surface area contributed by atoms with E-state index >= 15 is 0 Å². The number of Topliss-reactive ketones (excluding diaryl/α,β-unsaturated/α-hetero) is 2. The molecule has 4 heteroatoms. The van der Waals surface area contributed by atoms with Crippen molar-refractivity contribution in [1.29, 1.82) is 0 Å². The smallest absolute Gasteiger partial charge is 0.151 e. The van der Waals surface area contributed by atoms with Gasteiger partial charge in [0, 0.05) is 22.4 Å². The van der Waals surface area contributed by atoms with E-state index in [0.717, 1.165) is 36.8 Å². The maximum absolute atomic E-state index is 14.5. The highest BCUT2D eigenvalue weighted by Crippen LogP contribution is 2.59. The fourth-order valence-electron chi connectivity index (χ4n) is 6.02. The van der Waals surface area contributed by atoms with Crippen LogP contribution in [-0.2, 0) is 16.0 Å². The summed E-state index contributed by atoms with van der Waals surface area (Å²) in [5.74, 6) is -0.271. The topological polar surface area (TPSA) is 34.1 Å². The molecule has 5 atom stereocenters. The van der Waals surface area contributed by atoms with E-state index in [0.29, 0.717) is 28.0 Å².